The van der Waals surface area contributed by atoms with E-state index in [2.05, 4.69) is 6.07 Å². The fraction of sp³-hybridized carbons (Fsp3) is 0.462. The summed E-state index contributed by atoms with van der Waals surface area (Å²) in [7, 11) is -3.13. The van der Waals surface area contributed by atoms with E-state index in [1.54, 1.807) is 19.1 Å². The number of hydrogen-bond acceptors (Lipinski definition) is 4. The van der Waals surface area contributed by atoms with E-state index in [1.165, 1.54) is 4.31 Å². The van der Waals surface area contributed by atoms with Crippen LogP contribution in [0.5, 0.6) is 0 Å². The van der Waals surface area contributed by atoms with E-state index in [1.807, 2.05) is 11.0 Å². The van der Waals surface area contributed by atoms with Crippen LogP contribution >= 0.6 is 11.6 Å². The standard InChI is InChI=1S/C13H16ClN3O2S/c1-2-20(18,19)17-7-5-16(6-8-17)13-4-3-12(14)9-11(13)10-15/h3-4,9H,2,5-8H2,1H3. The third kappa shape index (κ3) is 3.06. The van der Waals surface area contributed by atoms with Crippen LogP contribution in [0.2, 0.25) is 5.02 Å². The van der Waals surface area contributed by atoms with Gasteiger partial charge in [-0.05, 0) is 25.1 Å². The van der Waals surface area contributed by atoms with Gasteiger partial charge in [0.05, 0.1) is 17.0 Å². The normalized spacial score (nSPS) is 16.9. The van der Waals surface area contributed by atoms with E-state index in [-0.39, 0.29) is 5.75 Å². The molecule has 0 amide bonds. The van der Waals surface area contributed by atoms with Gasteiger partial charge in [-0.15, -0.1) is 0 Å². The maximum atomic E-state index is 11.8. The summed E-state index contributed by atoms with van der Waals surface area (Å²) >= 11 is 5.88. The van der Waals surface area contributed by atoms with Crippen molar-refractivity contribution in [2.45, 2.75) is 6.92 Å². The van der Waals surface area contributed by atoms with Gasteiger partial charge in [0, 0.05) is 31.2 Å². The highest BCUT2D eigenvalue weighted by atomic mass is 35.5. The zero-order valence-electron chi connectivity index (χ0n) is 11.2. The molecule has 0 radical (unpaired) electrons. The summed E-state index contributed by atoms with van der Waals surface area (Å²) in [4.78, 5) is 2.02. The molecule has 108 valence electrons. The van der Waals surface area contributed by atoms with Crippen molar-refractivity contribution in [1.82, 2.24) is 4.31 Å². The fourth-order valence-electron chi connectivity index (χ4n) is 2.26. The number of halogens is 1. The molecule has 0 aromatic heterocycles. The van der Waals surface area contributed by atoms with Crippen molar-refractivity contribution in [3.05, 3.63) is 28.8 Å². The van der Waals surface area contributed by atoms with Crippen LogP contribution in [0.4, 0.5) is 5.69 Å². The number of sulfonamides is 1. The average Bonchev–Trinajstić information content (AvgIpc) is 2.47. The smallest absolute Gasteiger partial charge is 0.213 e. The quantitative estimate of drug-likeness (QED) is 0.851. The summed E-state index contributed by atoms with van der Waals surface area (Å²) in [6, 6.07) is 7.31. The molecule has 1 aliphatic heterocycles. The van der Waals surface area contributed by atoms with E-state index in [9.17, 15) is 8.42 Å². The molecule has 1 fully saturated rings. The molecule has 0 atom stereocenters. The van der Waals surface area contributed by atoms with E-state index in [0.29, 0.717) is 36.8 Å². The number of nitriles is 1. The van der Waals surface area contributed by atoms with Gasteiger partial charge in [-0.2, -0.15) is 9.57 Å². The zero-order chi connectivity index (χ0) is 14.8. The lowest BCUT2D eigenvalue weighted by molar-refractivity contribution is 0.385. The minimum Gasteiger partial charge on any atom is -0.368 e. The van der Waals surface area contributed by atoms with Crippen molar-refractivity contribution in [1.29, 1.82) is 5.26 Å². The Kier molecular flexibility index (Phi) is 4.53. The van der Waals surface area contributed by atoms with Crippen molar-refractivity contribution >= 4 is 27.3 Å². The first-order chi connectivity index (χ1) is 9.47. The molecule has 1 aromatic carbocycles. The zero-order valence-corrected chi connectivity index (χ0v) is 12.8. The summed E-state index contributed by atoms with van der Waals surface area (Å²) in [5.74, 6) is 0.122. The molecule has 0 N–H and O–H groups in total. The highest BCUT2D eigenvalue weighted by Gasteiger charge is 2.26. The predicted octanol–water partition coefficient (Wildman–Crippen LogP) is 1.68. The van der Waals surface area contributed by atoms with E-state index in [4.69, 9.17) is 16.9 Å². The first kappa shape index (κ1) is 15.1. The van der Waals surface area contributed by atoms with Gasteiger partial charge in [-0.3, -0.25) is 0 Å². The van der Waals surface area contributed by atoms with E-state index < -0.39 is 10.0 Å². The average molecular weight is 314 g/mol. The Morgan fingerprint density at radius 2 is 1.95 bits per heavy atom. The van der Waals surface area contributed by atoms with E-state index in [0.717, 1.165) is 5.69 Å². The molecule has 1 aliphatic rings. The van der Waals surface area contributed by atoms with Crippen molar-refractivity contribution in [3.63, 3.8) is 0 Å². The van der Waals surface area contributed by atoms with Gasteiger partial charge in [0.2, 0.25) is 10.0 Å². The molecular formula is C13H16ClN3O2S. The highest BCUT2D eigenvalue weighted by molar-refractivity contribution is 7.89. The van der Waals surface area contributed by atoms with Gasteiger partial charge in [0.25, 0.3) is 0 Å². The number of rotatable bonds is 3. The number of nitrogens with zero attached hydrogens (tertiary/aromatic N) is 3. The van der Waals surface area contributed by atoms with Crippen LogP contribution in [-0.2, 0) is 10.0 Å². The third-order valence-electron chi connectivity index (χ3n) is 3.42. The van der Waals surface area contributed by atoms with Crippen LogP contribution in [0.1, 0.15) is 12.5 Å². The Hall–Kier alpha value is -1.29. The Balaban J connectivity index is 2.14. The largest absolute Gasteiger partial charge is 0.368 e. The lowest BCUT2D eigenvalue weighted by Crippen LogP contribution is -2.49. The van der Waals surface area contributed by atoms with Gasteiger partial charge in [0.15, 0.2) is 0 Å². The first-order valence-corrected chi connectivity index (χ1v) is 8.39. The monoisotopic (exact) mass is 313 g/mol. The van der Waals surface area contributed by atoms with Crippen molar-refractivity contribution in [3.8, 4) is 6.07 Å². The molecule has 1 saturated heterocycles. The summed E-state index contributed by atoms with van der Waals surface area (Å²) in [5.41, 5.74) is 1.33. The predicted molar refractivity (Wildman–Crippen MR) is 79.4 cm³/mol. The fourth-order valence-corrected chi connectivity index (χ4v) is 3.52. The van der Waals surface area contributed by atoms with Gasteiger partial charge < -0.3 is 4.90 Å². The Morgan fingerprint density at radius 1 is 1.30 bits per heavy atom. The van der Waals surface area contributed by atoms with Crippen LogP contribution in [0.3, 0.4) is 0 Å². The number of piperazine rings is 1. The second-order valence-electron chi connectivity index (χ2n) is 4.56. The molecular weight excluding hydrogens is 298 g/mol. The van der Waals surface area contributed by atoms with Gasteiger partial charge in [-0.25, -0.2) is 8.42 Å². The SMILES string of the molecule is CCS(=O)(=O)N1CCN(c2ccc(Cl)cc2C#N)CC1. The second-order valence-corrected chi connectivity index (χ2v) is 7.25. The van der Waals surface area contributed by atoms with Crippen molar-refractivity contribution in [2.75, 3.05) is 36.8 Å². The topological polar surface area (TPSA) is 64.4 Å². The Morgan fingerprint density at radius 3 is 2.50 bits per heavy atom. The van der Waals surface area contributed by atoms with E-state index >= 15 is 0 Å². The minimum atomic E-state index is -3.13. The molecule has 0 saturated carbocycles. The van der Waals surface area contributed by atoms with Crippen molar-refractivity contribution < 1.29 is 8.42 Å². The molecule has 0 aliphatic carbocycles. The molecule has 0 unspecified atom stereocenters. The van der Waals surface area contributed by atoms with Gasteiger partial charge in [0.1, 0.15) is 6.07 Å². The van der Waals surface area contributed by atoms with Gasteiger partial charge >= 0.3 is 0 Å². The highest BCUT2D eigenvalue weighted by Crippen LogP contribution is 2.25. The molecule has 5 nitrogen and oxygen atoms in total. The van der Waals surface area contributed by atoms with Crippen LogP contribution < -0.4 is 4.90 Å². The maximum Gasteiger partial charge on any atom is 0.213 e. The molecule has 20 heavy (non-hydrogen) atoms. The number of benzene rings is 1. The molecule has 1 aromatic rings. The molecule has 1 heterocycles. The number of hydrogen-bond donors (Lipinski definition) is 0. The second kappa shape index (κ2) is 6.00. The summed E-state index contributed by atoms with van der Waals surface area (Å²) in [6.07, 6.45) is 0. The Bertz CT molecular complexity index is 632. The maximum absolute atomic E-state index is 11.8. The summed E-state index contributed by atoms with van der Waals surface area (Å²) in [5, 5.41) is 9.68. The van der Waals surface area contributed by atoms with Gasteiger partial charge in [-0.1, -0.05) is 11.6 Å². The lowest BCUT2D eigenvalue weighted by Gasteiger charge is -2.35. The van der Waals surface area contributed by atoms with Crippen LogP contribution in [-0.4, -0.2) is 44.7 Å². The lowest BCUT2D eigenvalue weighted by atomic mass is 10.1. The molecule has 2 rings (SSSR count). The van der Waals surface area contributed by atoms with Crippen LogP contribution in [0.15, 0.2) is 18.2 Å². The van der Waals surface area contributed by atoms with Crippen molar-refractivity contribution in [2.24, 2.45) is 0 Å². The Labute approximate surface area is 124 Å². The summed E-state index contributed by atoms with van der Waals surface area (Å²) in [6.45, 7) is 3.70. The van der Waals surface area contributed by atoms with Crippen LogP contribution in [0, 0.1) is 11.3 Å². The molecule has 0 bridgehead atoms. The summed E-state index contributed by atoms with van der Waals surface area (Å²) < 4.78 is 25.1. The minimum absolute atomic E-state index is 0.122. The van der Waals surface area contributed by atoms with Crippen LogP contribution in [0.25, 0.3) is 0 Å². The molecule has 0 spiro atoms. The molecule has 7 heteroatoms. The first-order valence-electron chi connectivity index (χ1n) is 6.40. The number of anilines is 1. The third-order valence-corrected chi connectivity index (χ3v) is 5.53.